The van der Waals surface area contributed by atoms with Gasteiger partial charge in [-0.2, -0.15) is 0 Å². The summed E-state index contributed by atoms with van der Waals surface area (Å²) in [5.41, 5.74) is -0.0956. The Morgan fingerprint density at radius 2 is 1.86 bits per heavy atom. The Hall–Kier alpha value is -0.840. The lowest BCUT2D eigenvalue weighted by Crippen LogP contribution is -2.07. The van der Waals surface area contributed by atoms with Crippen molar-refractivity contribution in [2.45, 2.75) is 12.8 Å². The summed E-state index contributed by atoms with van der Waals surface area (Å²) in [6.45, 7) is 0.926. The minimum Gasteiger partial charge on any atom is -0.454 e. The molecule has 1 heterocycles. The Labute approximate surface area is 87.9 Å². The summed E-state index contributed by atoms with van der Waals surface area (Å²) in [6.07, 6.45) is 0. The second kappa shape index (κ2) is 3.08. The van der Waals surface area contributed by atoms with Gasteiger partial charge >= 0.3 is 0 Å². The van der Waals surface area contributed by atoms with Crippen molar-refractivity contribution >= 4 is 15.9 Å². The fraction of sp³-hybridized carbons (Fsp3) is 0.333. The van der Waals surface area contributed by atoms with Crippen LogP contribution in [0.15, 0.2) is 16.6 Å². The standard InChI is InChI=1S/C9H7BrF2O2/c1-9(11,12)5-2-7-8(3-6(5)10)14-4-13-7/h2-3H,4H2,1H3. The van der Waals surface area contributed by atoms with E-state index in [9.17, 15) is 8.78 Å². The zero-order chi connectivity index (χ0) is 10.3. The number of benzene rings is 1. The molecule has 0 N–H and O–H groups in total. The van der Waals surface area contributed by atoms with Crippen LogP contribution in [0.1, 0.15) is 12.5 Å². The molecule has 0 amide bonds. The normalized spacial score (nSPS) is 14.6. The summed E-state index contributed by atoms with van der Waals surface area (Å²) in [4.78, 5) is 0. The van der Waals surface area contributed by atoms with Gasteiger partial charge in [-0.25, -0.2) is 8.78 Å². The van der Waals surface area contributed by atoms with Crippen LogP contribution < -0.4 is 9.47 Å². The predicted octanol–water partition coefficient (Wildman–Crippen LogP) is 3.29. The Kier molecular flexibility index (Phi) is 2.14. The van der Waals surface area contributed by atoms with Gasteiger partial charge in [0.1, 0.15) is 0 Å². The maximum absolute atomic E-state index is 13.1. The lowest BCUT2D eigenvalue weighted by Gasteiger charge is -2.13. The Balaban J connectivity index is 2.53. The summed E-state index contributed by atoms with van der Waals surface area (Å²) in [7, 11) is 0. The van der Waals surface area contributed by atoms with Crippen LogP contribution >= 0.6 is 15.9 Å². The van der Waals surface area contributed by atoms with Crippen LogP contribution in [0.3, 0.4) is 0 Å². The lowest BCUT2D eigenvalue weighted by molar-refractivity contribution is 0.0165. The van der Waals surface area contributed by atoms with Gasteiger partial charge in [-0.3, -0.25) is 0 Å². The fourth-order valence-corrected chi connectivity index (χ4v) is 1.92. The largest absolute Gasteiger partial charge is 0.454 e. The predicted molar refractivity (Wildman–Crippen MR) is 49.8 cm³/mol. The summed E-state index contributed by atoms with van der Waals surface area (Å²) in [6, 6.07) is 2.79. The second-order valence-corrected chi connectivity index (χ2v) is 3.93. The molecule has 0 bridgehead atoms. The van der Waals surface area contributed by atoms with Gasteiger partial charge in [0.2, 0.25) is 6.79 Å². The topological polar surface area (TPSA) is 18.5 Å². The van der Waals surface area contributed by atoms with Gasteiger partial charge in [0.25, 0.3) is 5.92 Å². The molecular formula is C9H7BrF2O2. The van der Waals surface area contributed by atoms with Crippen LogP contribution in [-0.4, -0.2) is 6.79 Å². The Bertz CT molecular complexity index is 374. The van der Waals surface area contributed by atoms with Gasteiger partial charge in [-0.1, -0.05) is 15.9 Å². The van der Waals surface area contributed by atoms with E-state index in [2.05, 4.69) is 15.9 Å². The van der Waals surface area contributed by atoms with E-state index < -0.39 is 5.92 Å². The molecule has 5 heteroatoms. The van der Waals surface area contributed by atoms with Crippen LogP contribution in [0.25, 0.3) is 0 Å². The van der Waals surface area contributed by atoms with Crippen LogP contribution in [0, 0.1) is 0 Å². The molecule has 0 fully saturated rings. The van der Waals surface area contributed by atoms with E-state index in [1.807, 2.05) is 0 Å². The maximum Gasteiger partial charge on any atom is 0.271 e. The third kappa shape index (κ3) is 1.56. The van der Waals surface area contributed by atoms with E-state index >= 15 is 0 Å². The van der Waals surface area contributed by atoms with Crippen molar-refractivity contribution in [2.75, 3.05) is 6.79 Å². The number of hydrogen-bond donors (Lipinski definition) is 0. The molecule has 0 spiro atoms. The van der Waals surface area contributed by atoms with Crippen molar-refractivity contribution in [3.63, 3.8) is 0 Å². The summed E-state index contributed by atoms with van der Waals surface area (Å²) < 4.78 is 36.5. The molecule has 1 aromatic rings. The van der Waals surface area contributed by atoms with Gasteiger partial charge in [-0.15, -0.1) is 0 Å². The van der Waals surface area contributed by atoms with Crippen molar-refractivity contribution in [2.24, 2.45) is 0 Å². The van der Waals surface area contributed by atoms with E-state index in [-0.39, 0.29) is 12.4 Å². The molecule has 0 unspecified atom stereocenters. The summed E-state index contributed by atoms with van der Waals surface area (Å²) in [5.74, 6) is -2.03. The lowest BCUT2D eigenvalue weighted by atomic mass is 10.1. The first kappa shape index (κ1) is 9.71. The van der Waals surface area contributed by atoms with E-state index in [1.165, 1.54) is 12.1 Å². The van der Waals surface area contributed by atoms with Gasteiger partial charge in [0, 0.05) is 17.0 Å². The number of fused-ring (bicyclic) bond motifs is 1. The van der Waals surface area contributed by atoms with E-state index in [0.717, 1.165) is 6.92 Å². The first-order valence-corrected chi connectivity index (χ1v) is 4.75. The molecule has 14 heavy (non-hydrogen) atoms. The van der Waals surface area contributed by atoms with Gasteiger partial charge in [0.15, 0.2) is 11.5 Å². The molecule has 1 aliphatic rings. The minimum absolute atomic E-state index is 0.0838. The van der Waals surface area contributed by atoms with Crippen molar-refractivity contribution in [3.05, 3.63) is 22.2 Å². The van der Waals surface area contributed by atoms with Crippen LogP contribution in [-0.2, 0) is 5.92 Å². The maximum atomic E-state index is 13.1. The number of halogens is 3. The molecule has 0 atom stereocenters. The SMILES string of the molecule is CC(F)(F)c1cc2c(cc1Br)OCO2. The van der Waals surface area contributed by atoms with Gasteiger partial charge in [-0.05, 0) is 12.1 Å². The molecule has 1 aromatic carbocycles. The fourth-order valence-electron chi connectivity index (χ4n) is 1.25. The smallest absolute Gasteiger partial charge is 0.271 e. The minimum atomic E-state index is -2.89. The quantitative estimate of drug-likeness (QED) is 0.775. The molecule has 76 valence electrons. The summed E-state index contributed by atoms with van der Waals surface area (Å²) in [5, 5.41) is 0. The zero-order valence-electron chi connectivity index (χ0n) is 7.31. The highest BCUT2D eigenvalue weighted by molar-refractivity contribution is 9.10. The first-order valence-electron chi connectivity index (χ1n) is 3.96. The summed E-state index contributed by atoms with van der Waals surface area (Å²) >= 11 is 3.07. The Morgan fingerprint density at radius 1 is 1.29 bits per heavy atom. The number of ether oxygens (including phenoxy) is 2. The second-order valence-electron chi connectivity index (χ2n) is 3.07. The molecule has 0 aliphatic carbocycles. The van der Waals surface area contributed by atoms with E-state index in [1.54, 1.807) is 0 Å². The van der Waals surface area contributed by atoms with Gasteiger partial charge < -0.3 is 9.47 Å². The zero-order valence-corrected chi connectivity index (χ0v) is 8.90. The first-order chi connectivity index (χ1) is 6.48. The molecule has 0 saturated heterocycles. The molecule has 2 nitrogen and oxygen atoms in total. The highest BCUT2D eigenvalue weighted by atomic mass is 79.9. The van der Waals surface area contributed by atoms with Crippen LogP contribution in [0.4, 0.5) is 8.78 Å². The average molecular weight is 265 g/mol. The van der Waals surface area contributed by atoms with Gasteiger partial charge in [0.05, 0.1) is 0 Å². The van der Waals surface area contributed by atoms with Crippen molar-refractivity contribution < 1.29 is 18.3 Å². The molecular weight excluding hydrogens is 258 g/mol. The van der Waals surface area contributed by atoms with E-state index in [0.29, 0.717) is 16.0 Å². The highest BCUT2D eigenvalue weighted by Gasteiger charge is 2.30. The number of rotatable bonds is 1. The average Bonchev–Trinajstić information content (AvgIpc) is 2.47. The van der Waals surface area contributed by atoms with Crippen LogP contribution in [0.2, 0.25) is 0 Å². The molecule has 0 saturated carbocycles. The Morgan fingerprint density at radius 3 is 2.43 bits per heavy atom. The van der Waals surface area contributed by atoms with Crippen molar-refractivity contribution in [1.82, 2.24) is 0 Å². The number of hydrogen-bond acceptors (Lipinski definition) is 2. The third-order valence-electron chi connectivity index (χ3n) is 1.94. The third-order valence-corrected chi connectivity index (χ3v) is 2.59. The molecule has 0 aromatic heterocycles. The van der Waals surface area contributed by atoms with Crippen molar-refractivity contribution in [3.8, 4) is 11.5 Å². The molecule has 1 aliphatic heterocycles. The van der Waals surface area contributed by atoms with Crippen molar-refractivity contribution in [1.29, 1.82) is 0 Å². The van der Waals surface area contributed by atoms with E-state index in [4.69, 9.17) is 9.47 Å². The number of alkyl halides is 2. The van der Waals surface area contributed by atoms with Crippen LogP contribution in [0.5, 0.6) is 11.5 Å². The molecule has 0 radical (unpaired) electrons. The highest BCUT2D eigenvalue weighted by Crippen LogP contribution is 2.42. The molecule has 2 rings (SSSR count). The monoisotopic (exact) mass is 264 g/mol.